The summed E-state index contributed by atoms with van der Waals surface area (Å²) in [5, 5.41) is 2.06. The topological polar surface area (TPSA) is 17.1 Å². The van der Waals surface area contributed by atoms with Crippen molar-refractivity contribution < 1.29 is 4.79 Å². The zero-order valence-electron chi connectivity index (χ0n) is 8.82. The van der Waals surface area contributed by atoms with E-state index in [1.807, 2.05) is 19.1 Å². The van der Waals surface area contributed by atoms with Gasteiger partial charge in [0.25, 0.3) is 0 Å². The number of aryl methyl sites for hydroxylation is 1. The SMILES string of the molecule is Cc1cc(Br)c(C(=O)c2cc3sccc3s2)s1. The Kier molecular flexibility index (Phi) is 2.94. The highest BCUT2D eigenvalue weighted by molar-refractivity contribution is 9.10. The first kappa shape index (κ1) is 11.6. The maximum absolute atomic E-state index is 12.3. The molecule has 0 bridgehead atoms. The summed E-state index contributed by atoms with van der Waals surface area (Å²) in [6, 6.07) is 6.05. The lowest BCUT2D eigenvalue weighted by molar-refractivity contribution is 0.104. The van der Waals surface area contributed by atoms with E-state index in [-0.39, 0.29) is 5.78 Å². The minimum Gasteiger partial charge on any atom is -0.287 e. The standard InChI is InChI=1S/C12H7BrOS3/c1-6-4-7(13)12(16-6)11(14)10-5-9-8(17-10)2-3-15-9/h2-5H,1H3. The lowest BCUT2D eigenvalue weighted by Crippen LogP contribution is -1.95. The molecule has 0 spiro atoms. The number of rotatable bonds is 2. The summed E-state index contributed by atoms with van der Waals surface area (Å²) in [5.41, 5.74) is 0. The number of hydrogen-bond acceptors (Lipinski definition) is 4. The highest BCUT2D eigenvalue weighted by atomic mass is 79.9. The van der Waals surface area contributed by atoms with Crippen LogP contribution in [0.25, 0.3) is 9.40 Å². The average Bonchev–Trinajstić information content (AvgIpc) is 2.90. The lowest BCUT2D eigenvalue weighted by atomic mass is 10.2. The number of carbonyl (C=O) groups excluding carboxylic acids is 1. The zero-order valence-corrected chi connectivity index (χ0v) is 12.9. The van der Waals surface area contributed by atoms with E-state index >= 15 is 0 Å². The largest absolute Gasteiger partial charge is 0.287 e. The molecule has 17 heavy (non-hydrogen) atoms. The van der Waals surface area contributed by atoms with Crippen LogP contribution < -0.4 is 0 Å². The van der Waals surface area contributed by atoms with Crippen molar-refractivity contribution in [3.63, 3.8) is 0 Å². The number of thiophene rings is 3. The fourth-order valence-corrected chi connectivity index (χ4v) is 5.52. The van der Waals surface area contributed by atoms with E-state index in [0.717, 1.165) is 19.1 Å². The van der Waals surface area contributed by atoms with Crippen molar-refractivity contribution >= 4 is 65.1 Å². The van der Waals surface area contributed by atoms with E-state index in [4.69, 9.17) is 0 Å². The summed E-state index contributed by atoms with van der Waals surface area (Å²) in [6.07, 6.45) is 0. The highest BCUT2D eigenvalue weighted by Crippen LogP contribution is 2.34. The van der Waals surface area contributed by atoms with E-state index in [9.17, 15) is 4.79 Å². The number of hydrogen-bond donors (Lipinski definition) is 0. The van der Waals surface area contributed by atoms with Gasteiger partial charge >= 0.3 is 0 Å². The summed E-state index contributed by atoms with van der Waals surface area (Å²) < 4.78 is 3.30. The molecule has 0 saturated carbocycles. The molecule has 0 amide bonds. The molecule has 0 aliphatic rings. The minimum absolute atomic E-state index is 0.128. The Morgan fingerprint density at radius 1 is 1.24 bits per heavy atom. The first-order valence-electron chi connectivity index (χ1n) is 4.93. The Morgan fingerprint density at radius 3 is 2.71 bits per heavy atom. The fourth-order valence-electron chi connectivity index (χ4n) is 1.63. The molecule has 3 heterocycles. The molecule has 0 radical (unpaired) electrons. The zero-order chi connectivity index (χ0) is 12.0. The Labute approximate surface area is 119 Å². The maximum Gasteiger partial charge on any atom is 0.214 e. The summed E-state index contributed by atoms with van der Waals surface area (Å²) >= 11 is 8.24. The summed E-state index contributed by atoms with van der Waals surface area (Å²) in [6.45, 7) is 2.01. The molecule has 3 aromatic heterocycles. The molecule has 1 nitrogen and oxygen atoms in total. The second-order valence-electron chi connectivity index (χ2n) is 3.62. The molecule has 5 heteroatoms. The van der Waals surface area contributed by atoms with E-state index in [1.165, 1.54) is 9.40 Å². The molecule has 0 N–H and O–H groups in total. The first-order chi connectivity index (χ1) is 8.15. The smallest absolute Gasteiger partial charge is 0.214 e. The van der Waals surface area contributed by atoms with Crippen molar-refractivity contribution in [3.8, 4) is 0 Å². The van der Waals surface area contributed by atoms with Gasteiger partial charge in [-0.15, -0.1) is 34.0 Å². The molecule has 0 atom stereocenters. The van der Waals surface area contributed by atoms with Gasteiger partial charge in [0.05, 0.1) is 9.75 Å². The molecule has 0 fully saturated rings. The van der Waals surface area contributed by atoms with Gasteiger partial charge in [-0.05, 0) is 46.4 Å². The number of ketones is 1. The van der Waals surface area contributed by atoms with Gasteiger partial charge in [-0.1, -0.05) is 0 Å². The van der Waals surface area contributed by atoms with Gasteiger partial charge in [-0.2, -0.15) is 0 Å². The normalized spacial score (nSPS) is 11.2. The van der Waals surface area contributed by atoms with Crippen LogP contribution in [0.1, 0.15) is 19.4 Å². The van der Waals surface area contributed by atoms with Gasteiger partial charge in [-0.3, -0.25) is 4.79 Å². The van der Waals surface area contributed by atoms with Crippen LogP contribution in [-0.2, 0) is 0 Å². The molecular weight excluding hydrogens is 336 g/mol. The van der Waals surface area contributed by atoms with Crippen molar-refractivity contribution in [3.05, 3.63) is 42.7 Å². The predicted molar refractivity (Wildman–Crippen MR) is 79.9 cm³/mol. The molecule has 0 saturated heterocycles. The molecule has 3 aromatic rings. The Bertz CT molecular complexity index is 676. The molecule has 0 aliphatic heterocycles. The summed E-state index contributed by atoms with van der Waals surface area (Å²) in [4.78, 5) is 15.1. The Hall–Kier alpha value is -0.490. The van der Waals surface area contributed by atoms with E-state index in [0.29, 0.717) is 0 Å². The molecule has 3 rings (SSSR count). The first-order valence-corrected chi connectivity index (χ1v) is 8.23. The quantitative estimate of drug-likeness (QED) is 0.575. The van der Waals surface area contributed by atoms with Crippen LogP contribution in [0.2, 0.25) is 0 Å². The van der Waals surface area contributed by atoms with Crippen LogP contribution in [0.4, 0.5) is 0 Å². The van der Waals surface area contributed by atoms with Crippen molar-refractivity contribution in [2.75, 3.05) is 0 Å². The molecule has 0 unspecified atom stereocenters. The van der Waals surface area contributed by atoms with Crippen LogP contribution in [0.5, 0.6) is 0 Å². The van der Waals surface area contributed by atoms with Gasteiger partial charge in [0, 0.05) is 18.7 Å². The average molecular weight is 343 g/mol. The minimum atomic E-state index is 0.128. The summed E-state index contributed by atoms with van der Waals surface area (Å²) in [5.74, 6) is 0.128. The fraction of sp³-hybridized carbons (Fsp3) is 0.0833. The van der Waals surface area contributed by atoms with Crippen LogP contribution in [0.3, 0.4) is 0 Å². The van der Waals surface area contributed by atoms with Gasteiger partial charge in [0.2, 0.25) is 5.78 Å². The van der Waals surface area contributed by atoms with Gasteiger partial charge in [0.15, 0.2) is 0 Å². The Morgan fingerprint density at radius 2 is 2.06 bits per heavy atom. The van der Waals surface area contributed by atoms with Crippen molar-refractivity contribution in [1.82, 2.24) is 0 Å². The Balaban J connectivity index is 2.07. The third-order valence-corrected chi connectivity index (χ3v) is 6.41. The van der Waals surface area contributed by atoms with Crippen LogP contribution >= 0.6 is 49.9 Å². The second kappa shape index (κ2) is 4.31. The molecule has 0 aliphatic carbocycles. The molecule has 86 valence electrons. The maximum atomic E-state index is 12.3. The van der Waals surface area contributed by atoms with Crippen LogP contribution in [0, 0.1) is 6.92 Å². The van der Waals surface area contributed by atoms with Gasteiger partial charge < -0.3 is 0 Å². The predicted octanol–water partition coefficient (Wildman–Crippen LogP) is 5.33. The van der Waals surface area contributed by atoms with E-state index in [2.05, 4.69) is 27.4 Å². The monoisotopic (exact) mass is 342 g/mol. The lowest BCUT2D eigenvalue weighted by Gasteiger charge is -1.93. The van der Waals surface area contributed by atoms with E-state index in [1.54, 1.807) is 34.0 Å². The van der Waals surface area contributed by atoms with E-state index < -0.39 is 0 Å². The van der Waals surface area contributed by atoms with Crippen molar-refractivity contribution in [2.24, 2.45) is 0 Å². The van der Waals surface area contributed by atoms with Crippen molar-refractivity contribution in [1.29, 1.82) is 0 Å². The number of fused-ring (bicyclic) bond motifs is 1. The van der Waals surface area contributed by atoms with Gasteiger partial charge in [-0.25, -0.2) is 0 Å². The number of halogens is 1. The van der Waals surface area contributed by atoms with Gasteiger partial charge in [0.1, 0.15) is 0 Å². The summed E-state index contributed by atoms with van der Waals surface area (Å²) in [7, 11) is 0. The molecular formula is C12H7BrOS3. The molecule has 0 aromatic carbocycles. The third kappa shape index (κ3) is 2.01. The highest BCUT2D eigenvalue weighted by Gasteiger charge is 2.18. The number of carbonyl (C=O) groups is 1. The van der Waals surface area contributed by atoms with Crippen LogP contribution in [0.15, 0.2) is 28.1 Å². The van der Waals surface area contributed by atoms with Crippen molar-refractivity contribution in [2.45, 2.75) is 6.92 Å². The van der Waals surface area contributed by atoms with Crippen LogP contribution in [-0.4, -0.2) is 5.78 Å². The second-order valence-corrected chi connectivity index (χ2v) is 7.77. The third-order valence-electron chi connectivity index (χ3n) is 2.38.